The molecular formula is C21H17ClF3N3S. The predicted octanol–water partition coefficient (Wildman–Crippen LogP) is 6.80. The molecule has 0 saturated heterocycles. The molecule has 150 valence electrons. The molecule has 0 aliphatic carbocycles. The quantitative estimate of drug-likeness (QED) is 0.353. The summed E-state index contributed by atoms with van der Waals surface area (Å²) in [4.78, 5) is 1.43. The Morgan fingerprint density at radius 1 is 1.07 bits per heavy atom. The molecule has 0 aliphatic heterocycles. The van der Waals surface area contributed by atoms with Crippen LogP contribution >= 0.6 is 23.4 Å². The van der Waals surface area contributed by atoms with Crippen LogP contribution in [0.3, 0.4) is 0 Å². The molecule has 0 unspecified atom stereocenters. The number of aromatic nitrogens is 3. The van der Waals surface area contributed by atoms with Crippen molar-refractivity contribution >= 4 is 34.3 Å². The molecule has 0 spiro atoms. The lowest BCUT2D eigenvalue weighted by molar-refractivity contribution is -0.137. The zero-order valence-electron chi connectivity index (χ0n) is 15.9. The van der Waals surface area contributed by atoms with Gasteiger partial charge in [0, 0.05) is 39.1 Å². The molecule has 3 nitrogen and oxygen atoms in total. The fourth-order valence-electron chi connectivity index (χ4n) is 3.43. The third-order valence-corrected chi connectivity index (χ3v) is 6.08. The van der Waals surface area contributed by atoms with Crippen molar-refractivity contribution in [2.45, 2.75) is 29.8 Å². The lowest BCUT2D eigenvalue weighted by atomic mass is 10.1. The van der Waals surface area contributed by atoms with E-state index >= 15 is 0 Å². The molecule has 2 aromatic carbocycles. The highest BCUT2D eigenvalue weighted by atomic mass is 35.5. The van der Waals surface area contributed by atoms with Gasteiger partial charge in [0.2, 0.25) is 0 Å². The summed E-state index contributed by atoms with van der Waals surface area (Å²) in [6.45, 7) is 3.62. The molecule has 8 heteroatoms. The van der Waals surface area contributed by atoms with Crippen LogP contribution in [0.1, 0.15) is 16.8 Å². The summed E-state index contributed by atoms with van der Waals surface area (Å²) in [6, 6.07) is 9.68. The SMILES string of the molecule is Cc1cc(Sc2c(C)n(-c3cnn(C)c3)c3cc(Cl)ccc23)cc(C(F)(F)F)c1. The average molecular weight is 436 g/mol. The maximum Gasteiger partial charge on any atom is 0.416 e. The Labute approximate surface area is 175 Å². The number of rotatable bonds is 3. The van der Waals surface area contributed by atoms with E-state index in [1.165, 1.54) is 17.8 Å². The lowest BCUT2D eigenvalue weighted by Gasteiger charge is -2.11. The maximum absolute atomic E-state index is 13.3. The van der Waals surface area contributed by atoms with E-state index in [1.807, 2.05) is 36.9 Å². The fraction of sp³-hybridized carbons (Fsp3) is 0.190. The molecule has 0 aliphatic rings. The molecule has 0 fully saturated rings. The van der Waals surface area contributed by atoms with E-state index in [0.717, 1.165) is 33.2 Å². The van der Waals surface area contributed by atoms with Gasteiger partial charge in [-0.2, -0.15) is 18.3 Å². The van der Waals surface area contributed by atoms with E-state index in [-0.39, 0.29) is 0 Å². The maximum atomic E-state index is 13.3. The molecular weight excluding hydrogens is 419 g/mol. The van der Waals surface area contributed by atoms with Crippen molar-refractivity contribution < 1.29 is 13.2 Å². The van der Waals surface area contributed by atoms with Crippen LogP contribution < -0.4 is 0 Å². The number of aryl methyl sites for hydroxylation is 2. The number of nitrogens with zero attached hydrogens (tertiary/aromatic N) is 3. The standard InChI is InChI=1S/C21H17ClF3N3S/c1-12-6-14(21(23,24)25)8-17(7-12)29-20-13(2)28(16-10-26-27(3)11-16)19-9-15(22)4-5-18(19)20/h4-11H,1-3H3. The molecule has 4 aromatic rings. The van der Waals surface area contributed by atoms with E-state index in [1.54, 1.807) is 29.9 Å². The van der Waals surface area contributed by atoms with E-state index in [2.05, 4.69) is 5.10 Å². The van der Waals surface area contributed by atoms with Crippen molar-refractivity contribution in [1.29, 1.82) is 0 Å². The second kappa shape index (κ2) is 7.15. The first-order valence-corrected chi connectivity index (χ1v) is 9.99. The van der Waals surface area contributed by atoms with Crippen LogP contribution in [0.4, 0.5) is 13.2 Å². The number of halogens is 4. The van der Waals surface area contributed by atoms with Crippen molar-refractivity contribution in [2.24, 2.45) is 7.05 Å². The highest BCUT2D eigenvalue weighted by molar-refractivity contribution is 7.99. The molecule has 2 aromatic heterocycles. The summed E-state index contributed by atoms with van der Waals surface area (Å²) in [5.41, 5.74) is 2.59. The van der Waals surface area contributed by atoms with Gasteiger partial charge in [0.25, 0.3) is 0 Å². The molecule has 0 atom stereocenters. The Morgan fingerprint density at radius 3 is 2.48 bits per heavy atom. The summed E-state index contributed by atoms with van der Waals surface area (Å²) in [6.07, 6.45) is -0.750. The topological polar surface area (TPSA) is 22.8 Å². The van der Waals surface area contributed by atoms with Crippen molar-refractivity contribution in [3.05, 3.63) is 70.6 Å². The summed E-state index contributed by atoms with van der Waals surface area (Å²) in [5, 5.41) is 5.75. The number of hydrogen-bond acceptors (Lipinski definition) is 2. The van der Waals surface area contributed by atoms with E-state index in [4.69, 9.17) is 11.6 Å². The van der Waals surface area contributed by atoms with Crippen molar-refractivity contribution in [2.75, 3.05) is 0 Å². The minimum atomic E-state index is -4.38. The fourth-order valence-corrected chi connectivity index (χ4v) is 4.79. The lowest BCUT2D eigenvalue weighted by Crippen LogP contribution is -2.05. The van der Waals surface area contributed by atoms with Gasteiger partial charge >= 0.3 is 6.18 Å². The van der Waals surface area contributed by atoms with E-state index in [0.29, 0.717) is 15.5 Å². The zero-order valence-corrected chi connectivity index (χ0v) is 17.5. The molecule has 0 radical (unpaired) electrons. The molecule has 0 N–H and O–H groups in total. The van der Waals surface area contributed by atoms with Gasteiger partial charge in [0.1, 0.15) is 0 Å². The van der Waals surface area contributed by atoms with Gasteiger partial charge in [-0.05, 0) is 49.7 Å². The largest absolute Gasteiger partial charge is 0.416 e. The normalized spacial score (nSPS) is 12.1. The molecule has 2 heterocycles. The van der Waals surface area contributed by atoms with Gasteiger partial charge < -0.3 is 4.57 Å². The van der Waals surface area contributed by atoms with Gasteiger partial charge in [-0.3, -0.25) is 4.68 Å². The molecule has 0 bridgehead atoms. The van der Waals surface area contributed by atoms with Gasteiger partial charge in [-0.1, -0.05) is 29.4 Å². The summed E-state index contributed by atoms with van der Waals surface area (Å²) in [5.74, 6) is 0. The first kappa shape index (κ1) is 19.9. The van der Waals surface area contributed by atoms with Gasteiger partial charge in [0.15, 0.2) is 0 Å². The van der Waals surface area contributed by atoms with Crippen molar-refractivity contribution in [3.8, 4) is 5.69 Å². The molecule has 0 saturated carbocycles. The van der Waals surface area contributed by atoms with Crippen molar-refractivity contribution in [3.63, 3.8) is 0 Å². The Hall–Kier alpha value is -2.38. The van der Waals surface area contributed by atoms with Crippen LogP contribution in [-0.2, 0) is 13.2 Å². The van der Waals surface area contributed by atoms with Crippen LogP contribution in [0.2, 0.25) is 5.02 Å². The Balaban J connectivity index is 1.90. The monoisotopic (exact) mass is 435 g/mol. The third kappa shape index (κ3) is 3.76. The summed E-state index contributed by atoms with van der Waals surface area (Å²) in [7, 11) is 1.83. The minimum absolute atomic E-state index is 0.542. The van der Waals surface area contributed by atoms with Crippen LogP contribution in [0.5, 0.6) is 0 Å². The second-order valence-electron chi connectivity index (χ2n) is 6.92. The van der Waals surface area contributed by atoms with Crippen LogP contribution in [0.25, 0.3) is 16.6 Å². The van der Waals surface area contributed by atoms with E-state index in [9.17, 15) is 13.2 Å². The van der Waals surface area contributed by atoms with Crippen molar-refractivity contribution in [1.82, 2.24) is 14.3 Å². The number of fused-ring (bicyclic) bond motifs is 1. The average Bonchev–Trinajstić information content (AvgIpc) is 3.15. The Kier molecular flexibility index (Phi) is 4.91. The Morgan fingerprint density at radius 2 is 1.83 bits per heavy atom. The number of benzene rings is 2. The van der Waals surface area contributed by atoms with Crippen LogP contribution in [0, 0.1) is 13.8 Å². The third-order valence-electron chi connectivity index (χ3n) is 4.66. The highest BCUT2D eigenvalue weighted by Gasteiger charge is 2.31. The van der Waals surface area contributed by atoms with Crippen LogP contribution in [0.15, 0.2) is 58.6 Å². The number of alkyl halides is 3. The van der Waals surface area contributed by atoms with Gasteiger partial charge in [-0.25, -0.2) is 0 Å². The smallest absolute Gasteiger partial charge is 0.310 e. The Bertz CT molecular complexity index is 1220. The first-order valence-electron chi connectivity index (χ1n) is 8.80. The summed E-state index contributed by atoms with van der Waals surface area (Å²) < 4.78 is 43.5. The molecule has 0 amide bonds. The van der Waals surface area contributed by atoms with E-state index < -0.39 is 11.7 Å². The second-order valence-corrected chi connectivity index (χ2v) is 8.44. The highest BCUT2D eigenvalue weighted by Crippen LogP contribution is 2.42. The minimum Gasteiger partial charge on any atom is -0.310 e. The number of hydrogen-bond donors (Lipinski definition) is 0. The predicted molar refractivity (Wildman–Crippen MR) is 110 cm³/mol. The van der Waals surface area contributed by atoms with Gasteiger partial charge in [0.05, 0.1) is 23.0 Å². The van der Waals surface area contributed by atoms with Gasteiger partial charge in [-0.15, -0.1) is 0 Å². The molecule has 29 heavy (non-hydrogen) atoms. The zero-order chi connectivity index (χ0) is 20.9. The first-order chi connectivity index (χ1) is 13.6. The molecule has 4 rings (SSSR count). The van der Waals surface area contributed by atoms with Crippen LogP contribution in [-0.4, -0.2) is 14.3 Å². The summed E-state index contributed by atoms with van der Waals surface area (Å²) >= 11 is 7.56.